The molecule has 2 aliphatic heterocycles. The summed E-state index contributed by atoms with van der Waals surface area (Å²) in [6, 6.07) is 17.0. The van der Waals surface area contributed by atoms with E-state index in [0.29, 0.717) is 0 Å². The summed E-state index contributed by atoms with van der Waals surface area (Å²) in [6.45, 7) is 12.8. The summed E-state index contributed by atoms with van der Waals surface area (Å²) >= 11 is 0. The predicted octanol–water partition coefficient (Wildman–Crippen LogP) is 6.43. The molecule has 0 aromatic heterocycles. The van der Waals surface area contributed by atoms with E-state index in [1.807, 2.05) is 0 Å². The molecule has 2 aliphatic rings. The molecule has 188 valence electrons. The van der Waals surface area contributed by atoms with Crippen LogP contribution in [0.4, 0.5) is 0 Å². The first-order valence-electron chi connectivity index (χ1n) is 12.3. The average molecular weight is 508 g/mol. The van der Waals surface area contributed by atoms with Crippen molar-refractivity contribution in [1.29, 1.82) is 0 Å². The van der Waals surface area contributed by atoms with Gasteiger partial charge in [0.15, 0.2) is 0 Å². The molecular weight excluding hydrogens is 467 g/mol. The van der Waals surface area contributed by atoms with Gasteiger partial charge >= 0.3 is 0 Å². The number of hydrogen-bond acceptors (Lipinski definition) is 4. The Labute approximate surface area is 218 Å². The van der Waals surface area contributed by atoms with E-state index in [4.69, 9.17) is 9.47 Å². The highest BCUT2D eigenvalue weighted by atomic mass is 35.5. The van der Waals surface area contributed by atoms with E-state index in [2.05, 4.69) is 72.2 Å². The molecule has 0 aliphatic carbocycles. The molecule has 0 unspecified atom stereocenters. The molecule has 6 heteroatoms. The van der Waals surface area contributed by atoms with Crippen molar-refractivity contribution in [3.05, 3.63) is 59.7 Å². The van der Waals surface area contributed by atoms with Gasteiger partial charge in [0.25, 0.3) is 0 Å². The second kappa shape index (κ2) is 14.6. The SMILES string of the molecule is C/C(=C(/C)c1ccc(OCCN2CCCC2)cc1)c1ccc(OCCN2CCCC2)cc1.Cl.Cl. The van der Waals surface area contributed by atoms with Crippen molar-refractivity contribution in [2.24, 2.45) is 0 Å². The molecule has 34 heavy (non-hydrogen) atoms. The monoisotopic (exact) mass is 506 g/mol. The van der Waals surface area contributed by atoms with Gasteiger partial charge in [-0.2, -0.15) is 0 Å². The number of benzene rings is 2. The van der Waals surface area contributed by atoms with E-state index < -0.39 is 0 Å². The number of nitrogens with zero attached hydrogens (tertiary/aromatic N) is 2. The molecule has 0 spiro atoms. The van der Waals surface area contributed by atoms with Gasteiger partial charge in [0.2, 0.25) is 0 Å². The summed E-state index contributed by atoms with van der Waals surface area (Å²) in [5, 5.41) is 0. The molecule has 4 nitrogen and oxygen atoms in total. The van der Waals surface area contributed by atoms with Crippen LogP contribution in [0.15, 0.2) is 48.5 Å². The highest BCUT2D eigenvalue weighted by Gasteiger charge is 2.12. The van der Waals surface area contributed by atoms with Crippen molar-refractivity contribution in [3.63, 3.8) is 0 Å². The molecule has 2 fully saturated rings. The number of likely N-dealkylation sites (tertiary alicyclic amines) is 2. The summed E-state index contributed by atoms with van der Waals surface area (Å²) in [5.74, 6) is 1.91. The second-order valence-corrected chi connectivity index (χ2v) is 9.09. The number of allylic oxidation sites excluding steroid dienone is 2. The lowest BCUT2D eigenvalue weighted by atomic mass is 9.97. The van der Waals surface area contributed by atoms with Gasteiger partial charge in [-0.1, -0.05) is 24.3 Å². The quantitative estimate of drug-likeness (QED) is 0.346. The Morgan fingerprint density at radius 1 is 0.588 bits per heavy atom. The van der Waals surface area contributed by atoms with Crippen LogP contribution in [0.1, 0.15) is 50.7 Å². The van der Waals surface area contributed by atoms with E-state index in [9.17, 15) is 0 Å². The number of ether oxygens (including phenoxy) is 2. The van der Waals surface area contributed by atoms with Gasteiger partial charge in [-0.3, -0.25) is 9.80 Å². The number of halogens is 2. The molecule has 4 rings (SSSR count). The molecule has 0 bridgehead atoms. The van der Waals surface area contributed by atoms with E-state index in [1.54, 1.807) is 0 Å². The van der Waals surface area contributed by atoms with Gasteiger partial charge in [-0.15, -0.1) is 24.8 Å². The number of rotatable bonds is 10. The molecule has 0 atom stereocenters. The van der Waals surface area contributed by atoms with E-state index in [1.165, 1.54) is 74.1 Å². The zero-order chi connectivity index (χ0) is 22.2. The Balaban J connectivity index is 0.00000204. The smallest absolute Gasteiger partial charge is 0.119 e. The first-order chi connectivity index (χ1) is 15.7. The Morgan fingerprint density at radius 3 is 1.24 bits per heavy atom. The van der Waals surface area contributed by atoms with Crippen molar-refractivity contribution in [1.82, 2.24) is 9.80 Å². The summed E-state index contributed by atoms with van der Waals surface area (Å²) in [6.07, 6.45) is 5.31. The van der Waals surface area contributed by atoms with Crippen LogP contribution in [0.25, 0.3) is 11.1 Å². The summed E-state index contributed by atoms with van der Waals surface area (Å²) in [5.41, 5.74) is 5.05. The van der Waals surface area contributed by atoms with Crippen molar-refractivity contribution < 1.29 is 9.47 Å². The molecule has 0 saturated carbocycles. The summed E-state index contributed by atoms with van der Waals surface area (Å²) < 4.78 is 11.9. The second-order valence-electron chi connectivity index (χ2n) is 9.09. The first kappa shape index (κ1) is 28.5. The van der Waals surface area contributed by atoms with Crippen LogP contribution in [-0.4, -0.2) is 62.3 Å². The Morgan fingerprint density at radius 2 is 0.912 bits per heavy atom. The predicted molar refractivity (Wildman–Crippen MR) is 148 cm³/mol. The van der Waals surface area contributed by atoms with Crippen LogP contribution >= 0.6 is 24.8 Å². The third kappa shape index (κ3) is 8.20. The fourth-order valence-electron chi connectivity index (χ4n) is 4.63. The number of hydrogen-bond donors (Lipinski definition) is 0. The zero-order valence-electron chi connectivity index (χ0n) is 20.6. The minimum atomic E-state index is 0. The van der Waals surface area contributed by atoms with Crippen LogP contribution in [0, 0.1) is 0 Å². The van der Waals surface area contributed by atoms with Crippen molar-refractivity contribution >= 4 is 36.0 Å². The molecule has 2 heterocycles. The van der Waals surface area contributed by atoms with Crippen molar-refractivity contribution in [2.45, 2.75) is 39.5 Å². The lowest BCUT2D eigenvalue weighted by Gasteiger charge is -2.16. The first-order valence-corrected chi connectivity index (χ1v) is 12.3. The van der Waals surface area contributed by atoms with Gasteiger partial charge in [0.1, 0.15) is 24.7 Å². The van der Waals surface area contributed by atoms with E-state index >= 15 is 0 Å². The van der Waals surface area contributed by atoms with E-state index in [0.717, 1.165) is 37.8 Å². The molecule has 2 aromatic rings. The molecule has 0 radical (unpaired) electrons. The highest BCUT2D eigenvalue weighted by molar-refractivity contribution is 5.89. The van der Waals surface area contributed by atoms with Crippen LogP contribution in [0.3, 0.4) is 0 Å². The van der Waals surface area contributed by atoms with Gasteiger partial charge in [0.05, 0.1) is 0 Å². The van der Waals surface area contributed by atoms with Gasteiger partial charge in [0, 0.05) is 13.1 Å². The standard InChI is InChI=1S/C28H38N2O2.2ClH/c1-23(25-7-11-27(12-8-25)31-21-19-29-15-3-4-16-29)24(2)26-9-13-28(14-10-26)32-22-20-30-17-5-6-18-30;;/h7-14H,3-6,15-22H2,1-2H3;2*1H/b24-23+;;. The fourth-order valence-corrected chi connectivity index (χ4v) is 4.63. The molecule has 0 N–H and O–H groups in total. The van der Waals surface area contributed by atoms with Crippen LogP contribution in [0.2, 0.25) is 0 Å². The summed E-state index contributed by atoms with van der Waals surface area (Å²) in [4.78, 5) is 4.96. The molecule has 2 saturated heterocycles. The Bertz CT molecular complexity index is 799. The molecular formula is C28H40Cl2N2O2. The van der Waals surface area contributed by atoms with E-state index in [-0.39, 0.29) is 24.8 Å². The third-order valence-corrected chi connectivity index (χ3v) is 6.89. The van der Waals surface area contributed by atoms with Gasteiger partial charge < -0.3 is 9.47 Å². The zero-order valence-corrected chi connectivity index (χ0v) is 22.3. The van der Waals surface area contributed by atoms with Gasteiger partial charge in [-0.05, 0) is 112 Å². The van der Waals surface area contributed by atoms with Crippen molar-refractivity contribution in [2.75, 3.05) is 52.5 Å². The third-order valence-electron chi connectivity index (χ3n) is 6.89. The molecule has 2 aromatic carbocycles. The normalized spacial score (nSPS) is 17.0. The molecule has 0 amide bonds. The maximum Gasteiger partial charge on any atom is 0.119 e. The minimum Gasteiger partial charge on any atom is -0.492 e. The topological polar surface area (TPSA) is 24.9 Å². The fraction of sp³-hybridized carbons (Fsp3) is 0.500. The van der Waals surface area contributed by atoms with Crippen LogP contribution < -0.4 is 9.47 Å². The maximum absolute atomic E-state index is 5.95. The van der Waals surface area contributed by atoms with Crippen LogP contribution in [0.5, 0.6) is 11.5 Å². The summed E-state index contributed by atoms with van der Waals surface area (Å²) in [7, 11) is 0. The average Bonchev–Trinajstić information content (AvgIpc) is 3.54. The highest BCUT2D eigenvalue weighted by Crippen LogP contribution is 2.28. The van der Waals surface area contributed by atoms with Crippen LogP contribution in [-0.2, 0) is 0 Å². The Kier molecular flexibility index (Phi) is 12.3. The Hall–Kier alpha value is -1.72. The minimum absolute atomic E-state index is 0. The maximum atomic E-state index is 5.95. The van der Waals surface area contributed by atoms with Gasteiger partial charge in [-0.25, -0.2) is 0 Å². The van der Waals surface area contributed by atoms with Crippen molar-refractivity contribution in [3.8, 4) is 11.5 Å². The lowest BCUT2D eigenvalue weighted by molar-refractivity contribution is 0.237. The lowest BCUT2D eigenvalue weighted by Crippen LogP contribution is -2.25. The largest absolute Gasteiger partial charge is 0.492 e.